The van der Waals surface area contributed by atoms with Gasteiger partial charge in [0.2, 0.25) is 0 Å². The van der Waals surface area contributed by atoms with Gasteiger partial charge in [-0.25, -0.2) is 9.59 Å². The molecule has 0 amide bonds. The molecule has 124 valence electrons. The molecular weight excluding hydrogens is 306 g/mol. The van der Waals surface area contributed by atoms with Crippen molar-refractivity contribution in [1.29, 1.82) is 0 Å². The summed E-state index contributed by atoms with van der Waals surface area (Å²) in [4.78, 5) is 29.5. The van der Waals surface area contributed by atoms with E-state index in [0.717, 1.165) is 10.3 Å². The van der Waals surface area contributed by atoms with Crippen molar-refractivity contribution >= 4 is 17.1 Å². The summed E-state index contributed by atoms with van der Waals surface area (Å²) in [6.07, 6.45) is 0.997. The van der Waals surface area contributed by atoms with E-state index < -0.39 is 17.4 Å². The molecule has 2 heterocycles. The average Bonchev–Trinajstić information content (AvgIpc) is 2.79. The van der Waals surface area contributed by atoms with E-state index in [1.165, 1.54) is 4.57 Å². The Morgan fingerprint density at radius 3 is 2.38 bits per heavy atom. The zero-order valence-electron chi connectivity index (χ0n) is 13.9. The maximum Gasteiger partial charge on any atom is 0.423 e. The predicted octanol–water partition coefficient (Wildman–Crippen LogP) is 3.03. The van der Waals surface area contributed by atoms with Gasteiger partial charge in [-0.15, -0.1) is 0 Å². The van der Waals surface area contributed by atoms with E-state index in [1.807, 2.05) is 24.3 Å². The topological polar surface area (TPSA) is 66.1 Å². The molecule has 6 heteroatoms. The summed E-state index contributed by atoms with van der Waals surface area (Å²) in [6.45, 7) is 5.59. The largest absolute Gasteiger partial charge is 0.443 e. The van der Waals surface area contributed by atoms with E-state index in [1.54, 1.807) is 45.2 Å². The van der Waals surface area contributed by atoms with Crippen molar-refractivity contribution in [3.8, 4) is 0 Å². The van der Waals surface area contributed by atoms with Crippen LogP contribution in [-0.4, -0.2) is 25.8 Å². The van der Waals surface area contributed by atoms with Gasteiger partial charge in [-0.3, -0.25) is 9.55 Å². The molecule has 6 nitrogen and oxygen atoms in total. The van der Waals surface area contributed by atoms with Crippen LogP contribution in [0.2, 0.25) is 0 Å². The molecule has 2 aromatic heterocycles. The molecule has 0 saturated carbocycles. The van der Waals surface area contributed by atoms with Crippen LogP contribution in [0, 0.1) is 0 Å². The first-order chi connectivity index (χ1) is 11.4. The van der Waals surface area contributed by atoms with E-state index in [4.69, 9.17) is 4.74 Å². The molecule has 0 aliphatic heterocycles. The van der Waals surface area contributed by atoms with Crippen LogP contribution < -0.4 is 5.69 Å². The van der Waals surface area contributed by atoms with Crippen LogP contribution in [-0.2, 0) is 11.3 Å². The van der Waals surface area contributed by atoms with Gasteiger partial charge in [0, 0.05) is 6.20 Å². The van der Waals surface area contributed by atoms with Gasteiger partial charge in [0.05, 0.1) is 23.3 Å². The van der Waals surface area contributed by atoms with E-state index in [0.29, 0.717) is 11.0 Å². The molecule has 0 bridgehead atoms. The lowest BCUT2D eigenvalue weighted by Crippen LogP contribution is -2.34. The summed E-state index contributed by atoms with van der Waals surface area (Å²) in [5.41, 5.74) is 0.815. The number of carbonyl (C=O) groups is 1. The Morgan fingerprint density at radius 1 is 1.08 bits per heavy atom. The number of pyridine rings is 1. The van der Waals surface area contributed by atoms with Gasteiger partial charge in [0.15, 0.2) is 0 Å². The van der Waals surface area contributed by atoms with Crippen LogP contribution in [0.4, 0.5) is 4.79 Å². The van der Waals surface area contributed by atoms with Crippen LogP contribution in [0.25, 0.3) is 11.0 Å². The number of nitrogens with zero attached hydrogens (tertiary/aromatic N) is 3. The highest BCUT2D eigenvalue weighted by Gasteiger charge is 2.23. The average molecular weight is 325 g/mol. The summed E-state index contributed by atoms with van der Waals surface area (Å²) in [5, 5.41) is 0. The van der Waals surface area contributed by atoms with Crippen molar-refractivity contribution in [2.24, 2.45) is 0 Å². The minimum absolute atomic E-state index is 0.288. The highest BCUT2D eigenvalue weighted by Crippen LogP contribution is 2.16. The standard InChI is InChI=1S/C18H19N3O3/c1-18(2,3)24-17(23)21-15-10-5-4-9-14(15)20(16(21)22)12-13-8-6-7-11-19-13/h4-11H,12H2,1-3H3. The van der Waals surface area contributed by atoms with E-state index in [2.05, 4.69) is 4.98 Å². The lowest BCUT2D eigenvalue weighted by Gasteiger charge is -2.19. The second-order valence-electron chi connectivity index (χ2n) is 6.49. The lowest BCUT2D eigenvalue weighted by atomic mass is 10.2. The number of para-hydroxylation sites is 2. The zero-order valence-corrected chi connectivity index (χ0v) is 13.9. The fourth-order valence-corrected chi connectivity index (χ4v) is 2.50. The molecule has 24 heavy (non-hydrogen) atoms. The van der Waals surface area contributed by atoms with Crippen molar-refractivity contribution in [3.05, 3.63) is 64.8 Å². The Morgan fingerprint density at radius 2 is 1.75 bits per heavy atom. The number of benzene rings is 1. The van der Waals surface area contributed by atoms with Gasteiger partial charge in [-0.2, -0.15) is 4.57 Å². The minimum atomic E-state index is -0.680. The number of fused-ring (bicyclic) bond motifs is 1. The first-order valence-electron chi connectivity index (χ1n) is 7.70. The smallest absolute Gasteiger partial charge is 0.423 e. The third-order valence-corrected chi connectivity index (χ3v) is 3.46. The summed E-state index contributed by atoms with van der Waals surface area (Å²) >= 11 is 0. The van der Waals surface area contributed by atoms with Crippen molar-refractivity contribution in [3.63, 3.8) is 0 Å². The number of ether oxygens (including phenoxy) is 1. The molecule has 3 aromatic rings. The summed E-state index contributed by atoms with van der Waals surface area (Å²) < 4.78 is 7.97. The quantitative estimate of drug-likeness (QED) is 0.726. The van der Waals surface area contributed by atoms with Gasteiger partial charge in [0.1, 0.15) is 5.60 Å². The monoisotopic (exact) mass is 325 g/mol. The molecule has 3 rings (SSSR count). The molecule has 0 unspecified atom stereocenters. The Labute approximate surface area is 139 Å². The van der Waals surface area contributed by atoms with Gasteiger partial charge >= 0.3 is 11.8 Å². The van der Waals surface area contributed by atoms with Crippen LogP contribution in [0.5, 0.6) is 0 Å². The third-order valence-electron chi connectivity index (χ3n) is 3.46. The molecule has 0 N–H and O–H groups in total. The highest BCUT2D eigenvalue weighted by molar-refractivity contribution is 5.87. The first kappa shape index (κ1) is 16.0. The number of hydrogen-bond donors (Lipinski definition) is 0. The van der Waals surface area contributed by atoms with Crippen LogP contribution in [0.3, 0.4) is 0 Å². The molecule has 0 aliphatic rings. The SMILES string of the molecule is CC(C)(C)OC(=O)n1c(=O)n(Cc2ccccn2)c2ccccc21. The van der Waals surface area contributed by atoms with Gasteiger partial charge in [-0.1, -0.05) is 18.2 Å². The molecule has 0 fully saturated rings. The predicted molar refractivity (Wildman–Crippen MR) is 91.2 cm³/mol. The number of rotatable bonds is 2. The fraction of sp³-hybridized carbons (Fsp3) is 0.278. The molecular formula is C18H19N3O3. The second-order valence-corrected chi connectivity index (χ2v) is 6.49. The Hall–Kier alpha value is -2.89. The Kier molecular flexibility index (Phi) is 3.97. The number of hydrogen-bond acceptors (Lipinski definition) is 4. The third kappa shape index (κ3) is 3.08. The van der Waals surface area contributed by atoms with Crippen molar-refractivity contribution in [2.45, 2.75) is 32.9 Å². The molecule has 0 spiro atoms. The maximum atomic E-state index is 12.8. The zero-order chi connectivity index (χ0) is 17.3. The van der Waals surface area contributed by atoms with Crippen molar-refractivity contribution in [1.82, 2.24) is 14.1 Å². The summed E-state index contributed by atoms with van der Waals surface area (Å²) in [5.74, 6) is 0. The minimum Gasteiger partial charge on any atom is -0.443 e. The van der Waals surface area contributed by atoms with Crippen LogP contribution in [0.1, 0.15) is 26.5 Å². The van der Waals surface area contributed by atoms with E-state index in [-0.39, 0.29) is 6.54 Å². The van der Waals surface area contributed by atoms with E-state index in [9.17, 15) is 9.59 Å². The molecule has 0 saturated heterocycles. The number of carbonyl (C=O) groups excluding carboxylic acids is 1. The number of aromatic nitrogens is 3. The second kappa shape index (κ2) is 5.96. The van der Waals surface area contributed by atoms with Crippen LogP contribution in [0.15, 0.2) is 53.5 Å². The highest BCUT2D eigenvalue weighted by atomic mass is 16.6. The van der Waals surface area contributed by atoms with Crippen molar-refractivity contribution < 1.29 is 9.53 Å². The molecule has 0 aliphatic carbocycles. The van der Waals surface area contributed by atoms with Crippen LogP contribution >= 0.6 is 0 Å². The molecule has 0 atom stereocenters. The normalized spacial score (nSPS) is 11.6. The molecule has 0 radical (unpaired) electrons. The van der Waals surface area contributed by atoms with Gasteiger partial charge in [0.25, 0.3) is 0 Å². The number of imidazole rings is 1. The summed E-state index contributed by atoms with van der Waals surface area (Å²) in [7, 11) is 0. The Bertz CT molecular complexity index is 934. The van der Waals surface area contributed by atoms with Gasteiger partial charge < -0.3 is 4.74 Å². The Balaban J connectivity index is 2.13. The molecule has 1 aromatic carbocycles. The lowest BCUT2D eigenvalue weighted by molar-refractivity contribution is 0.0537. The first-order valence-corrected chi connectivity index (χ1v) is 7.70. The fourth-order valence-electron chi connectivity index (χ4n) is 2.50. The van der Waals surface area contributed by atoms with Gasteiger partial charge in [-0.05, 0) is 45.0 Å². The summed E-state index contributed by atoms with van der Waals surface area (Å²) in [6, 6.07) is 12.7. The maximum absolute atomic E-state index is 12.8. The van der Waals surface area contributed by atoms with E-state index >= 15 is 0 Å². The van der Waals surface area contributed by atoms with Crippen molar-refractivity contribution in [2.75, 3.05) is 0 Å².